The topological polar surface area (TPSA) is 0 Å². The van der Waals surface area contributed by atoms with Crippen LogP contribution in [0.2, 0.25) is 26.2 Å². The van der Waals surface area contributed by atoms with Gasteiger partial charge in [0.05, 0.1) is 0 Å². The Balaban J connectivity index is 2.83. The number of benzene rings is 2. The molecule has 0 nitrogen and oxygen atoms in total. The fourth-order valence-electron chi connectivity index (χ4n) is 2.65. The molecule has 0 radical (unpaired) electrons. The van der Waals surface area contributed by atoms with Crippen LogP contribution in [0.25, 0.3) is 10.8 Å². The predicted octanol–water partition coefficient (Wildman–Crippen LogP) is 4.12. The molecule has 0 bridgehead atoms. The quantitative estimate of drug-likeness (QED) is 0.745. The summed E-state index contributed by atoms with van der Waals surface area (Å²) in [4.78, 5) is 0. The Hall–Kier alpha value is -1.39. The van der Waals surface area contributed by atoms with Crippen molar-refractivity contribution < 1.29 is 0 Å². The number of hydrogen-bond acceptors (Lipinski definition) is 0. The van der Waals surface area contributed by atoms with Crippen LogP contribution < -0.4 is 10.4 Å². The largest absolute Gasteiger partial charge is 0.107 e. The maximum Gasteiger partial charge on any atom is 0.104 e. The van der Waals surface area contributed by atoms with E-state index in [4.69, 9.17) is 0 Å². The lowest BCUT2D eigenvalue weighted by Crippen LogP contribution is -2.43. The van der Waals surface area contributed by atoms with Gasteiger partial charge in [-0.2, -0.15) is 0 Å². The fourth-order valence-corrected chi connectivity index (χ4v) is 5.97. The summed E-state index contributed by atoms with van der Waals surface area (Å²) >= 11 is 0. The first-order valence-electron chi connectivity index (χ1n) is 7.13. The first-order valence-corrected chi connectivity index (χ1v) is 13.3. The van der Waals surface area contributed by atoms with Crippen LogP contribution >= 0.6 is 0 Å². The summed E-state index contributed by atoms with van der Waals surface area (Å²) in [5.74, 6) is 0. The van der Waals surface area contributed by atoms with Crippen molar-refractivity contribution in [1.29, 1.82) is 0 Å². The van der Waals surface area contributed by atoms with Crippen LogP contribution in [-0.4, -0.2) is 16.1 Å². The fraction of sp³-hybridized carbons (Fsp3) is 0.222. The lowest BCUT2D eigenvalue weighted by molar-refractivity contribution is 1.73. The van der Waals surface area contributed by atoms with Crippen molar-refractivity contribution in [1.82, 2.24) is 0 Å². The highest BCUT2D eigenvalue weighted by molar-refractivity contribution is 6.97. The van der Waals surface area contributed by atoms with Gasteiger partial charge in [0.1, 0.15) is 16.1 Å². The van der Waals surface area contributed by atoms with Crippen LogP contribution in [0.5, 0.6) is 0 Å². The van der Waals surface area contributed by atoms with E-state index in [1.807, 2.05) is 0 Å². The zero-order valence-corrected chi connectivity index (χ0v) is 15.0. The molecule has 0 saturated carbocycles. The summed E-state index contributed by atoms with van der Waals surface area (Å²) in [5.41, 5.74) is 4.34. The molecule has 2 rings (SSSR count). The summed E-state index contributed by atoms with van der Waals surface area (Å²) < 4.78 is 0. The molecule has 0 aliphatic rings. The Labute approximate surface area is 124 Å². The van der Waals surface area contributed by atoms with Crippen molar-refractivity contribution in [2.45, 2.75) is 26.2 Å². The van der Waals surface area contributed by atoms with Crippen LogP contribution in [0.4, 0.5) is 0 Å². The molecule has 2 aromatic rings. The van der Waals surface area contributed by atoms with Crippen molar-refractivity contribution in [3.8, 4) is 0 Å². The number of hydrogen-bond donors (Lipinski definition) is 0. The van der Waals surface area contributed by atoms with Gasteiger partial charge in [0.15, 0.2) is 0 Å². The van der Waals surface area contributed by atoms with E-state index in [-0.39, 0.29) is 0 Å². The third-order valence-corrected chi connectivity index (χ3v) is 10.0. The van der Waals surface area contributed by atoms with Crippen molar-refractivity contribution in [3.05, 3.63) is 61.0 Å². The smallest absolute Gasteiger partial charge is 0.104 e. The van der Waals surface area contributed by atoms with E-state index in [1.54, 1.807) is 0 Å². The molecule has 0 aliphatic carbocycles. The first-order chi connectivity index (χ1) is 9.33. The standard InChI is InChI=1S/C18H24Si2/c1-7-19(3,4)17-13-9-12-16-15(17)11-10-14-18(16)20(5,6)8-2/h7-14H,1-2H2,3-6H3. The van der Waals surface area contributed by atoms with E-state index >= 15 is 0 Å². The van der Waals surface area contributed by atoms with Gasteiger partial charge >= 0.3 is 0 Å². The molecule has 0 unspecified atom stereocenters. The van der Waals surface area contributed by atoms with Gasteiger partial charge in [0.25, 0.3) is 0 Å². The molecule has 0 aromatic heterocycles. The van der Waals surface area contributed by atoms with E-state index in [0.717, 1.165) is 0 Å². The minimum Gasteiger partial charge on any atom is -0.107 e. The Morgan fingerprint density at radius 1 is 0.700 bits per heavy atom. The van der Waals surface area contributed by atoms with E-state index in [9.17, 15) is 0 Å². The Kier molecular flexibility index (Phi) is 3.89. The average molecular weight is 297 g/mol. The van der Waals surface area contributed by atoms with Gasteiger partial charge < -0.3 is 0 Å². The SMILES string of the molecule is C=C[Si](C)(C)c1cccc2c([Si](C)(C)C=C)cccc12. The monoisotopic (exact) mass is 296 g/mol. The second-order valence-electron chi connectivity index (χ2n) is 6.56. The number of fused-ring (bicyclic) bond motifs is 1. The summed E-state index contributed by atoms with van der Waals surface area (Å²) in [7, 11) is -3.11. The van der Waals surface area contributed by atoms with Gasteiger partial charge in [0, 0.05) is 0 Å². The van der Waals surface area contributed by atoms with E-state index < -0.39 is 16.1 Å². The van der Waals surface area contributed by atoms with Gasteiger partial charge in [-0.25, -0.2) is 0 Å². The zero-order valence-electron chi connectivity index (χ0n) is 13.0. The van der Waals surface area contributed by atoms with Crippen LogP contribution in [0.3, 0.4) is 0 Å². The van der Waals surface area contributed by atoms with Crippen LogP contribution in [0.1, 0.15) is 0 Å². The highest BCUT2D eigenvalue weighted by atomic mass is 28.3. The van der Waals surface area contributed by atoms with Crippen molar-refractivity contribution in [2.75, 3.05) is 0 Å². The molecule has 0 spiro atoms. The molecule has 2 aromatic carbocycles. The summed E-state index contributed by atoms with van der Waals surface area (Å²) in [6.45, 7) is 17.5. The van der Waals surface area contributed by atoms with E-state index in [0.29, 0.717) is 0 Å². The third-order valence-electron chi connectivity index (χ3n) is 4.33. The van der Waals surface area contributed by atoms with Gasteiger partial charge in [-0.15, -0.1) is 13.2 Å². The van der Waals surface area contributed by atoms with Crippen molar-refractivity contribution in [2.24, 2.45) is 0 Å². The second-order valence-corrected chi connectivity index (χ2v) is 15.3. The minimum atomic E-state index is -1.56. The second kappa shape index (κ2) is 5.19. The molecule has 0 N–H and O–H groups in total. The molecular weight excluding hydrogens is 272 g/mol. The predicted molar refractivity (Wildman–Crippen MR) is 98.6 cm³/mol. The lowest BCUT2D eigenvalue weighted by Gasteiger charge is -2.24. The lowest BCUT2D eigenvalue weighted by atomic mass is 10.1. The zero-order chi connectivity index (χ0) is 15.0. The molecule has 0 atom stereocenters. The molecular formula is C18H24Si2. The maximum absolute atomic E-state index is 4.06. The molecule has 0 aliphatic heterocycles. The van der Waals surface area contributed by atoms with Crippen molar-refractivity contribution >= 4 is 37.3 Å². The van der Waals surface area contributed by atoms with Gasteiger partial charge in [-0.05, 0) is 21.1 Å². The summed E-state index contributed by atoms with van der Waals surface area (Å²) in [5, 5.41) is 5.79. The molecule has 0 amide bonds. The molecule has 0 fully saturated rings. The van der Waals surface area contributed by atoms with E-state index in [2.05, 4.69) is 87.1 Å². The van der Waals surface area contributed by atoms with Crippen LogP contribution in [-0.2, 0) is 0 Å². The Morgan fingerprint density at radius 3 is 1.35 bits per heavy atom. The van der Waals surface area contributed by atoms with Crippen LogP contribution in [0.15, 0.2) is 61.0 Å². The van der Waals surface area contributed by atoms with E-state index in [1.165, 1.54) is 21.1 Å². The Bertz CT molecular complexity index is 607. The Morgan fingerprint density at radius 2 is 1.05 bits per heavy atom. The van der Waals surface area contributed by atoms with Gasteiger partial charge in [-0.3, -0.25) is 0 Å². The van der Waals surface area contributed by atoms with Gasteiger partial charge in [0.2, 0.25) is 0 Å². The summed E-state index contributed by atoms with van der Waals surface area (Å²) in [6, 6.07) is 13.5. The average Bonchev–Trinajstić information content (AvgIpc) is 2.45. The first kappa shape index (κ1) is 15.0. The minimum absolute atomic E-state index is 1.41. The normalized spacial score (nSPS) is 12.4. The third kappa shape index (κ3) is 2.46. The highest BCUT2D eigenvalue weighted by Crippen LogP contribution is 2.18. The highest BCUT2D eigenvalue weighted by Gasteiger charge is 2.25. The maximum atomic E-state index is 4.06. The van der Waals surface area contributed by atoms with Crippen LogP contribution in [0, 0.1) is 0 Å². The van der Waals surface area contributed by atoms with Gasteiger partial charge in [-0.1, -0.05) is 74.0 Å². The molecule has 0 saturated heterocycles. The van der Waals surface area contributed by atoms with Crippen molar-refractivity contribution in [3.63, 3.8) is 0 Å². The molecule has 104 valence electrons. The molecule has 2 heteroatoms. The summed E-state index contributed by atoms with van der Waals surface area (Å²) in [6.07, 6.45) is 0. The molecule has 20 heavy (non-hydrogen) atoms. The number of rotatable bonds is 4. The molecule has 0 heterocycles.